The first kappa shape index (κ1) is 19.5. The summed E-state index contributed by atoms with van der Waals surface area (Å²) >= 11 is 0. The second-order valence-corrected chi connectivity index (χ2v) is 8.15. The summed E-state index contributed by atoms with van der Waals surface area (Å²) in [4.78, 5) is 0.127. The summed E-state index contributed by atoms with van der Waals surface area (Å²) in [7, 11) is -0.757. The predicted molar refractivity (Wildman–Crippen MR) is 103 cm³/mol. The summed E-state index contributed by atoms with van der Waals surface area (Å²) in [6, 6.07) is 12.3. The third kappa shape index (κ3) is 3.89. The van der Waals surface area contributed by atoms with Crippen LogP contribution in [0.25, 0.3) is 0 Å². The van der Waals surface area contributed by atoms with Crippen LogP contribution in [0.4, 0.5) is 0 Å². The second kappa shape index (κ2) is 8.19. The number of rotatable bonds is 7. The molecular formula is C20H25NO5S. The van der Waals surface area contributed by atoms with Crippen LogP contribution in [-0.2, 0) is 10.0 Å². The highest BCUT2D eigenvalue weighted by atomic mass is 32.2. The van der Waals surface area contributed by atoms with Crippen molar-refractivity contribution in [2.45, 2.75) is 30.7 Å². The van der Waals surface area contributed by atoms with Crippen LogP contribution in [0.2, 0.25) is 0 Å². The molecule has 1 aliphatic heterocycles. The SMILES string of the molecule is CCOc1ccc(C2CCCN2S(=O)(=O)c2cc(OC)ccc2OC)cc1. The Bertz CT molecular complexity index is 880. The van der Waals surface area contributed by atoms with E-state index >= 15 is 0 Å². The van der Waals surface area contributed by atoms with E-state index in [0.29, 0.717) is 24.7 Å². The lowest BCUT2D eigenvalue weighted by atomic mass is 10.1. The van der Waals surface area contributed by atoms with Gasteiger partial charge in [0.25, 0.3) is 0 Å². The monoisotopic (exact) mass is 391 g/mol. The molecule has 1 aliphatic rings. The molecule has 0 bridgehead atoms. The van der Waals surface area contributed by atoms with Crippen LogP contribution in [-0.4, -0.2) is 40.1 Å². The second-order valence-electron chi connectivity index (χ2n) is 6.29. The first-order chi connectivity index (χ1) is 13.0. The van der Waals surface area contributed by atoms with Crippen molar-refractivity contribution in [3.8, 4) is 17.2 Å². The van der Waals surface area contributed by atoms with Crippen LogP contribution in [0.1, 0.15) is 31.4 Å². The molecule has 6 nitrogen and oxygen atoms in total. The number of hydrogen-bond donors (Lipinski definition) is 0. The summed E-state index contributed by atoms with van der Waals surface area (Å²) in [5.41, 5.74) is 0.960. The molecule has 27 heavy (non-hydrogen) atoms. The Hall–Kier alpha value is -2.25. The third-order valence-corrected chi connectivity index (χ3v) is 6.67. The molecule has 2 aromatic carbocycles. The van der Waals surface area contributed by atoms with Crippen molar-refractivity contribution in [3.63, 3.8) is 0 Å². The van der Waals surface area contributed by atoms with Crippen LogP contribution >= 0.6 is 0 Å². The minimum Gasteiger partial charge on any atom is -0.497 e. The molecule has 0 saturated carbocycles. The molecule has 1 unspecified atom stereocenters. The predicted octanol–water partition coefficient (Wildman–Crippen LogP) is 3.63. The standard InChI is InChI=1S/C20H25NO5S/c1-4-26-16-9-7-15(8-10-16)18-6-5-13-21(18)27(22,23)20-14-17(24-2)11-12-19(20)25-3/h7-12,14,18H,4-6,13H2,1-3H3. The quantitative estimate of drug-likeness (QED) is 0.721. The molecule has 1 saturated heterocycles. The van der Waals surface area contributed by atoms with Gasteiger partial charge in [0.2, 0.25) is 10.0 Å². The van der Waals surface area contributed by atoms with Crippen molar-refractivity contribution in [3.05, 3.63) is 48.0 Å². The van der Waals surface area contributed by atoms with Crippen LogP contribution in [0.3, 0.4) is 0 Å². The Morgan fingerprint density at radius 2 is 1.74 bits per heavy atom. The van der Waals surface area contributed by atoms with Crippen molar-refractivity contribution < 1.29 is 22.6 Å². The summed E-state index contributed by atoms with van der Waals surface area (Å²) in [6.07, 6.45) is 1.59. The lowest BCUT2D eigenvalue weighted by molar-refractivity contribution is 0.339. The number of benzene rings is 2. The maximum Gasteiger partial charge on any atom is 0.247 e. The van der Waals surface area contributed by atoms with Gasteiger partial charge in [0.1, 0.15) is 22.1 Å². The molecule has 3 rings (SSSR count). The molecule has 146 valence electrons. The van der Waals surface area contributed by atoms with Gasteiger partial charge >= 0.3 is 0 Å². The minimum absolute atomic E-state index is 0.127. The largest absolute Gasteiger partial charge is 0.497 e. The van der Waals surface area contributed by atoms with E-state index in [4.69, 9.17) is 14.2 Å². The molecule has 0 radical (unpaired) electrons. The van der Waals surface area contributed by atoms with Gasteiger partial charge in [-0.15, -0.1) is 0 Å². The van der Waals surface area contributed by atoms with E-state index in [2.05, 4.69) is 0 Å². The van der Waals surface area contributed by atoms with Gasteiger partial charge in [-0.2, -0.15) is 4.31 Å². The van der Waals surface area contributed by atoms with Crippen molar-refractivity contribution in [1.82, 2.24) is 4.31 Å². The number of ether oxygens (including phenoxy) is 3. The molecule has 0 N–H and O–H groups in total. The molecular weight excluding hydrogens is 366 g/mol. The number of sulfonamides is 1. The lowest BCUT2D eigenvalue weighted by Gasteiger charge is -2.25. The molecule has 1 heterocycles. The maximum absolute atomic E-state index is 13.4. The van der Waals surface area contributed by atoms with E-state index < -0.39 is 10.0 Å². The summed E-state index contributed by atoms with van der Waals surface area (Å²) in [5, 5.41) is 0. The summed E-state index contributed by atoms with van der Waals surface area (Å²) in [6.45, 7) is 3.00. The highest BCUT2D eigenvalue weighted by Gasteiger charge is 2.37. The van der Waals surface area contributed by atoms with E-state index in [-0.39, 0.29) is 10.9 Å². The number of hydrogen-bond acceptors (Lipinski definition) is 5. The Morgan fingerprint density at radius 1 is 1.04 bits per heavy atom. The fourth-order valence-electron chi connectivity index (χ4n) is 3.43. The van der Waals surface area contributed by atoms with Gasteiger partial charge in [-0.3, -0.25) is 0 Å². The average Bonchev–Trinajstić information content (AvgIpc) is 3.19. The molecule has 0 aliphatic carbocycles. The topological polar surface area (TPSA) is 65.1 Å². The number of nitrogens with zero attached hydrogens (tertiary/aromatic N) is 1. The van der Waals surface area contributed by atoms with Crippen LogP contribution in [0.15, 0.2) is 47.4 Å². The van der Waals surface area contributed by atoms with E-state index in [1.165, 1.54) is 20.3 Å². The normalized spacial score (nSPS) is 17.7. The van der Waals surface area contributed by atoms with Gasteiger partial charge in [0.15, 0.2) is 0 Å². The van der Waals surface area contributed by atoms with E-state index in [0.717, 1.165) is 24.2 Å². The molecule has 0 aromatic heterocycles. The first-order valence-electron chi connectivity index (χ1n) is 8.98. The van der Waals surface area contributed by atoms with Crippen LogP contribution in [0, 0.1) is 0 Å². The Kier molecular flexibility index (Phi) is 5.92. The minimum atomic E-state index is -3.73. The van der Waals surface area contributed by atoms with Crippen molar-refractivity contribution in [1.29, 1.82) is 0 Å². The smallest absolute Gasteiger partial charge is 0.247 e. The molecule has 1 fully saturated rings. The van der Waals surface area contributed by atoms with E-state index in [1.807, 2.05) is 31.2 Å². The fraction of sp³-hybridized carbons (Fsp3) is 0.400. The zero-order valence-corrected chi connectivity index (χ0v) is 16.7. The fourth-order valence-corrected chi connectivity index (χ4v) is 5.28. The maximum atomic E-state index is 13.4. The van der Waals surface area contributed by atoms with E-state index in [9.17, 15) is 8.42 Å². The Balaban J connectivity index is 1.96. The van der Waals surface area contributed by atoms with Gasteiger partial charge in [0.05, 0.1) is 26.9 Å². The van der Waals surface area contributed by atoms with E-state index in [1.54, 1.807) is 16.4 Å². The van der Waals surface area contributed by atoms with Crippen molar-refractivity contribution in [2.75, 3.05) is 27.4 Å². The van der Waals surface area contributed by atoms with Gasteiger partial charge < -0.3 is 14.2 Å². The van der Waals surface area contributed by atoms with Gasteiger partial charge in [-0.1, -0.05) is 12.1 Å². The highest BCUT2D eigenvalue weighted by Crippen LogP contribution is 2.40. The van der Waals surface area contributed by atoms with Gasteiger partial charge in [0, 0.05) is 12.6 Å². The van der Waals surface area contributed by atoms with Gasteiger partial charge in [-0.05, 0) is 49.6 Å². The van der Waals surface area contributed by atoms with Crippen molar-refractivity contribution >= 4 is 10.0 Å². The molecule has 2 aromatic rings. The summed E-state index contributed by atoms with van der Waals surface area (Å²) in [5.74, 6) is 1.57. The first-order valence-corrected chi connectivity index (χ1v) is 10.4. The average molecular weight is 391 g/mol. The third-order valence-electron chi connectivity index (χ3n) is 4.74. The van der Waals surface area contributed by atoms with Crippen molar-refractivity contribution in [2.24, 2.45) is 0 Å². The Labute approximate surface area is 160 Å². The summed E-state index contributed by atoms with van der Waals surface area (Å²) < 4.78 is 44.3. The lowest BCUT2D eigenvalue weighted by Crippen LogP contribution is -2.31. The van der Waals surface area contributed by atoms with Crippen LogP contribution < -0.4 is 14.2 Å². The number of methoxy groups -OCH3 is 2. The molecule has 0 spiro atoms. The van der Waals surface area contributed by atoms with Gasteiger partial charge in [-0.25, -0.2) is 8.42 Å². The molecule has 1 atom stereocenters. The van der Waals surface area contributed by atoms with Crippen LogP contribution in [0.5, 0.6) is 17.2 Å². The Morgan fingerprint density at radius 3 is 2.37 bits per heavy atom. The molecule has 0 amide bonds. The zero-order chi connectivity index (χ0) is 19.4. The zero-order valence-electron chi connectivity index (χ0n) is 15.8. The highest BCUT2D eigenvalue weighted by molar-refractivity contribution is 7.89. The molecule has 7 heteroatoms.